The Morgan fingerprint density at radius 3 is 2.33 bits per heavy atom. The zero-order valence-corrected chi connectivity index (χ0v) is 10.3. The fraction of sp³-hybridized carbons (Fsp3) is 0.0714. The summed E-state index contributed by atoms with van der Waals surface area (Å²) in [7, 11) is 0. The second-order valence-corrected chi connectivity index (χ2v) is 4.09. The summed E-state index contributed by atoms with van der Waals surface area (Å²) >= 11 is 5.78. The van der Waals surface area contributed by atoms with Crippen molar-refractivity contribution in [3.05, 3.63) is 65.2 Å². The predicted octanol–water partition coefficient (Wildman–Crippen LogP) is 3.60. The van der Waals surface area contributed by atoms with Gasteiger partial charge in [0, 0.05) is 10.6 Å². The van der Waals surface area contributed by atoms with Crippen molar-refractivity contribution in [2.24, 2.45) is 5.16 Å². The Bertz CT molecular complexity index is 523. The first-order valence-electron chi connectivity index (χ1n) is 5.44. The molecule has 0 radical (unpaired) electrons. The molecule has 0 aromatic heterocycles. The van der Waals surface area contributed by atoms with Crippen LogP contribution in [0.25, 0.3) is 0 Å². The standard InChI is InChI=1S/C14H12ClNO2/c15-12-6-8-13(9-7-12)18-10-14(16-17)11-4-2-1-3-5-11/h1-9,17H,10H2. The normalized spacial score (nSPS) is 11.3. The van der Waals surface area contributed by atoms with Crippen LogP contribution in [-0.4, -0.2) is 17.5 Å². The first kappa shape index (κ1) is 12.5. The molecular weight excluding hydrogens is 250 g/mol. The van der Waals surface area contributed by atoms with Crippen molar-refractivity contribution in [1.29, 1.82) is 0 Å². The van der Waals surface area contributed by atoms with Crippen molar-refractivity contribution in [2.45, 2.75) is 0 Å². The molecule has 92 valence electrons. The molecule has 0 aliphatic rings. The van der Waals surface area contributed by atoms with E-state index < -0.39 is 0 Å². The van der Waals surface area contributed by atoms with Crippen LogP contribution in [0.3, 0.4) is 0 Å². The third-order valence-corrected chi connectivity index (χ3v) is 2.67. The number of ether oxygens (including phenoxy) is 1. The summed E-state index contributed by atoms with van der Waals surface area (Å²) in [5.41, 5.74) is 1.31. The first-order valence-corrected chi connectivity index (χ1v) is 5.82. The zero-order chi connectivity index (χ0) is 12.8. The highest BCUT2D eigenvalue weighted by Gasteiger charge is 2.04. The van der Waals surface area contributed by atoms with E-state index in [1.165, 1.54) is 0 Å². The minimum atomic E-state index is 0.197. The quantitative estimate of drug-likeness (QED) is 0.519. The second kappa shape index (κ2) is 6.07. The lowest BCUT2D eigenvalue weighted by Crippen LogP contribution is -2.12. The average molecular weight is 262 g/mol. The van der Waals surface area contributed by atoms with Crippen LogP contribution in [0.2, 0.25) is 5.02 Å². The Hall–Kier alpha value is -2.00. The van der Waals surface area contributed by atoms with Gasteiger partial charge in [0.25, 0.3) is 0 Å². The molecule has 3 nitrogen and oxygen atoms in total. The van der Waals surface area contributed by atoms with Gasteiger partial charge in [-0.05, 0) is 24.3 Å². The lowest BCUT2D eigenvalue weighted by atomic mass is 10.1. The van der Waals surface area contributed by atoms with E-state index in [9.17, 15) is 0 Å². The minimum absolute atomic E-state index is 0.197. The molecule has 0 saturated heterocycles. The number of oxime groups is 1. The molecule has 0 spiro atoms. The molecule has 1 N–H and O–H groups in total. The summed E-state index contributed by atoms with van der Waals surface area (Å²) < 4.78 is 5.52. The molecule has 18 heavy (non-hydrogen) atoms. The summed E-state index contributed by atoms with van der Waals surface area (Å²) in [6.45, 7) is 0.197. The summed E-state index contributed by atoms with van der Waals surface area (Å²) in [5, 5.41) is 12.9. The van der Waals surface area contributed by atoms with E-state index in [2.05, 4.69) is 5.16 Å². The molecule has 0 unspecified atom stereocenters. The molecule has 2 rings (SSSR count). The third kappa shape index (κ3) is 3.25. The van der Waals surface area contributed by atoms with Crippen LogP contribution in [0.1, 0.15) is 5.56 Å². The first-order chi connectivity index (χ1) is 8.79. The van der Waals surface area contributed by atoms with Crippen molar-refractivity contribution in [3.8, 4) is 5.75 Å². The molecule has 0 aliphatic carbocycles. The van der Waals surface area contributed by atoms with Crippen LogP contribution in [0.15, 0.2) is 59.8 Å². The van der Waals surface area contributed by atoms with E-state index in [-0.39, 0.29) is 6.61 Å². The number of hydrogen-bond acceptors (Lipinski definition) is 3. The van der Waals surface area contributed by atoms with Crippen LogP contribution in [0.5, 0.6) is 5.75 Å². The van der Waals surface area contributed by atoms with Crippen LogP contribution in [-0.2, 0) is 0 Å². The maximum atomic E-state index is 8.99. The van der Waals surface area contributed by atoms with Crippen molar-refractivity contribution >= 4 is 17.3 Å². The molecular formula is C14H12ClNO2. The lowest BCUT2D eigenvalue weighted by Gasteiger charge is -2.07. The van der Waals surface area contributed by atoms with E-state index in [0.717, 1.165) is 5.56 Å². The number of halogens is 1. The smallest absolute Gasteiger partial charge is 0.134 e. The van der Waals surface area contributed by atoms with Gasteiger partial charge in [-0.3, -0.25) is 0 Å². The summed E-state index contributed by atoms with van der Waals surface area (Å²) in [5.74, 6) is 0.677. The molecule has 0 atom stereocenters. The van der Waals surface area contributed by atoms with E-state index in [1.54, 1.807) is 24.3 Å². The van der Waals surface area contributed by atoms with Gasteiger partial charge in [-0.25, -0.2) is 0 Å². The predicted molar refractivity (Wildman–Crippen MR) is 71.7 cm³/mol. The highest BCUT2D eigenvalue weighted by molar-refractivity contribution is 6.30. The second-order valence-electron chi connectivity index (χ2n) is 3.66. The Morgan fingerprint density at radius 1 is 1.06 bits per heavy atom. The highest BCUT2D eigenvalue weighted by Crippen LogP contribution is 2.15. The van der Waals surface area contributed by atoms with Gasteiger partial charge < -0.3 is 9.94 Å². The number of benzene rings is 2. The maximum absolute atomic E-state index is 8.99. The Labute approximate surface area is 110 Å². The molecule has 0 fully saturated rings. The Balaban J connectivity index is 2.03. The average Bonchev–Trinajstić information content (AvgIpc) is 2.43. The van der Waals surface area contributed by atoms with Gasteiger partial charge in [0.2, 0.25) is 0 Å². The largest absolute Gasteiger partial charge is 0.487 e. The number of nitrogens with zero attached hydrogens (tertiary/aromatic N) is 1. The van der Waals surface area contributed by atoms with Gasteiger partial charge in [0.15, 0.2) is 0 Å². The topological polar surface area (TPSA) is 41.8 Å². The molecule has 2 aromatic carbocycles. The third-order valence-electron chi connectivity index (χ3n) is 2.42. The molecule has 0 amide bonds. The van der Waals surface area contributed by atoms with Crippen molar-refractivity contribution in [2.75, 3.05) is 6.61 Å². The monoisotopic (exact) mass is 261 g/mol. The SMILES string of the molecule is ON=C(COc1ccc(Cl)cc1)c1ccccc1. The summed E-state index contributed by atoms with van der Waals surface area (Å²) in [6.07, 6.45) is 0. The summed E-state index contributed by atoms with van der Waals surface area (Å²) in [6, 6.07) is 16.4. The molecule has 0 aliphatic heterocycles. The minimum Gasteiger partial charge on any atom is -0.487 e. The van der Waals surface area contributed by atoms with Gasteiger partial charge >= 0.3 is 0 Å². The molecule has 0 saturated carbocycles. The van der Waals surface area contributed by atoms with Crippen LogP contribution >= 0.6 is 11.6 Å². The fourth-order valence-electron chi connectivity index (χ4n) is 1.48. The molecule has 2 aromatic rings. The van der Waals surface area contributed by atoms with Gasteiger partial charge in [0.1, 0.15) is 18.1 Å². The summed E-state index contributed by atoms with van der Waals surface area (Å²) in [4.78, 5) is 0. The van der Waals surface area contributed by atoms with Gasteiger partial charge in [0.05, 0.1) is 0 Å². The van der Waals surface area contributed by atoms with Crippen LogP contribution < -0.4 is 4.74 Å². The lowest BCUT2D eigenvalue weighted by molar-refractivity contribution is 0.308. The van der Waals surface area contributed by atoms with E-state index in [4.69, 9.17) is 21.5 Å². The van der Waals surface area contributed by atoms with Crippen molar-refractivity contribution in [3.63, 3.8) is 0 Å². The Kier molecular flexibility index (Phi) is 4.20. The van der Waals surface area contributed by atoms with E-state index in [1.807, 2.05) is 30.3 Å². The van der Waals surface area contributed by atoms with E-state index in [0.29, 0.717) is 16.5 Å². The number of hydrogen-bond donors (Lipinski definition) is 1. The molecule has 0 bridgehead atoms. The van der Waals surface area contributed by atoms with Crippen molar-refractivity contribution in [1.82, 2.24) is 0 Å². The molecule has 4 heteroatoms. The van der Waals surface area contributed by atoms with Gasteiger partial charge in [-0.15, -0.1) is 0 Å². The van der Waals surface area contributed by atoms with Crippen LogP contribution in [0, 0.1) is 0 Å². The Morgan fingerprint density at radius 2 is 1.72 bits per heavy atom. The van der Waals surface area contributed by atoms with E-state index >= 15 is 0 Å². The molecule has 0 heterocycles. The number of rotatable bonds is 4. The fourth-order valence-corrected chi connectivity index (χ4v) is 1.61. The highest BCUT2D eigenvalue weighted by atomic mass is 35.5. The zero-order valence-electron chi connectivity index (χ0n) is 9.58. The van der Waals surface area contributed by atoms with Crippen molar-refractivity contribution < 1.29 is 9.94 Å². The maximum Gasteiger partial charge on any atom is 0.134 e. The van der Waals surface area contributed by atoms with Crippen LogP contribution in [0.4, 0.5) is 0 Å². The van der Waals surface area contributed by atoms with Gasteiger partial charge in [-0.1, -0.05) is 47.1 Å². The van der Waals surface area contributed by atoms with Gasteiger partial charge in [-0.2, -0.15) is 0 Å².